The number of nitrogen functional groups attached to an aromatic ring is 1. The number of para-hydroxylation sites is 1. The topological polar surface area (TPSA) is 84.6 Å². The number of anilines is 1. The zero-order chi connectivity index (χ0) is 13.2. The molecule has 1 atom stereocenters. The van der Waals surface area contributed by atoms with E-state index in [1.165, 1.54) is 0 Å². The lowest BCUT2D eigenvalue weighted by Crippen LogP contribution is -2.43. The summed E-state index contributed by atoms with van der Waals surface area (Å²) in [4.78, 5) is 12.0. The highest BCUT2D eigenvalue weighted by Gasteiger charge is 2.32. The molecule has 1 aliphatic heterocycles. The Bertz CT molecular complexity index is 454. The van der Waals surface area contributed by atoms with Gasteiger partial charge in [-0.05, 0) is 18.6 Å². The zero-order valence-electron chi connectivity index (χ0n) is 10.4. The van der Waals surface area contributed by atoms with E-state index < -0.39 is 5.60 Å². The van der Waals surface area contributed by atoms with Crippen molar-refractivity contribution >= 4 is 11.6 Å². The first kappa shape index (κ1) is 12.9. The molecule has 0 bridgehead atoms. The maximum atomic E-state index is 12.0. The van der Waals surface area contributed by atoms with E-state index in [9.17, 15) is 9.90 Å². The van der Waals surface area contributed by atoms with Crippen LogP contribution in [0.1, 0.15) is 22.3 Å². The normalized spacial score (nSPS) is 23.0. The highest BCUT2D eigenvalue weighted by atomic mass is 16.5. The second-order valence-corrected chi connectivity index (χ2v) is 4.75. The van der Waals surface area contributed by atoms with E-state index in [0.717, 1.165) is 5.56 Å². The maximum Gasteiger partial charge on any atom is 0.253 e. The van der Waals surface area contributed by atoms with Crippen molar-refractivity contribution in [3.8, 4) is 0 Å². The summed E-state index contributed by atoms with van der Waals surface area (Å²) in [6.45, 7) is 2.82. The molecule has 98 valence electrons. The van der Waals surface area contributed by atoms with Crippen molar-refractivity contribution in [1.29, 1.82) is 0 Å². The molecule has 18 heavy (non-hydrogen) atoms. The number of carbonyl (C=O) groups is 1. The van der Waals surface area contributed by atoms with Crippen LogP contribution in [0.5, 0.6) is 0 Å². The van der Waals surface area contributed by atoms with E-state index in [-0.39, 0.29) is 19.1 Å². The number of aryl methyl sites for hydroxylation is 1. The molecule has 1 aromatic carbocycles. The summed E-state index contributed by atoms with van der Waals surface area (Å²) in [7, 11) is 0. The number of aliphatic hydroxyl groups is 1. The first-order valence-electron chi connectivity index (χ1n) is 5.95. The monoisotopic (exact) mass is 250 g/mol. The highest BCUT2D eigenvalue weighted by Crippen LogP contribution is 2.19. The molecule has 1 aliphatic rings. The van der Waals surface area contributed by atoms with Crippen LogP contribution in [0.4, 0.5) is 5.69 Å². The van der Waals surface area contributed by atoms with Gasteiger partial charge in [-0.2, -0.15) is 0 Å². The Morgan fingerprint density at radius 1 is 1.61 bits per heavy atom. The minimum atomic E-state index is -0.950. The van der Waals surface area contributed by atoms with Gasteiger partial charge in [-0.15, -0.1) is 0 Å². The fourth-order valence-corrected chi connectivity index (χ4v) is 1.95. The summed E-state index contributed by atoms with van der Waals surface area (Å²) in [6, 6.07) is 5.31. The van der Waals surface area contributed by atoms with Crippen molar-refractivity contribution < 1.29 is 14.6 Å². The Labute approximate surface area is 106 Å². The molecule has 0 aromatic heterocycles. The lowest BCUT2D eigenvalue weighted by atomic mass is 10.0. The molecule has 1 amide bonds. The third-order valence-corrected chi connectivity index (χ3v) is 3.23. The maximum absolute atomic E-state index is 12.0. The minimum Gasteiger partial charge on any atom is -0.398 e. The summed E-state index contributed by atoms with van der Waals surface area (Å²) < 4.78 is 5.11. The van der Waals surface area contributed by atoms with Crippen LogP contribution >= 0.6 is 0 Å². The summed E-state index contributed by atoms with van der Waals surface area (Å²) in [6.07, 6.45) is 0.538. The van der Waals surface area contributed by atoms with Gasteiger partial charge in [-0.25, -0.2) is 0 Å². The van der Waals surface area contributed by atoms with E-state index >= 15 is 0 Å². The third-order valence-electron chi connectivity index (χ3n) is 3.23. The molecule has 5 nitrogen and oxygen atoms in total. The van der Waals surface area contributed by atoms with Crippen LogP contribution in [-0.4, -0.2) is 36.4 Å². The predicted octanol–water partition coefficient (Wildman–Crippen LogP) is 0.458. The molecule has 1 heterocycles. The Hall–Kier alpha value is -1.59. The van der Waals surface area contributed by atoms with Crippen molar-refractivity contribution in [2.24, 2.45) is 0 Å². The second kappa shape index (κ2) is 4.96. The van der Waals surface area contributed by atoms with Gasteiger partial charge in [0.2, 0.25) is 0 Å². The lowest BCUT2D eigenvalue weighted by molar-refractivity contribution is 0.0265. The van der Waals surface area contributed by atoms with Crippen molar-refractivity contribution in [2.45, 2.75) is 18.9 Å². The van der Waals surface area contributed by atoms with E-state index in [1.54, 1.807) is 12.1 Å². The Morgan fingerprint density at radius 2 is 2.39 bits per heavy atom. The van der Waals surface area contributed by atoms with E-state index in [4.69, 9.17) is 10.5 Å². The van der Waals surface area contributed by atoms with Crippen molar-refractivity contribution in [3.63, 3.8) is 0 Å². The van der Waals surface area contributed by atoms with Crippen LogP contribution < -0.4 is 11.1 Å². The summed E-state index contributed by atoms with van der Waals surface area (Å²) in [5.41, 5.74) is 6.69. The number of hydrogen-bond donors (Lipinski definition) is 3. The fraction of sp³-hybridized carbons (Fsp3) is 0.462. The molecule has 1 aromatic rings. The molecule has 4 N–H and O–H groups in total. The van der Waals surface area contributed by atoms with Crippen LogP contribution in [0.15, 0.2) is 18.2 Å². The van der Waals surface area contributed by atoms with E-state index in [1.807, 2.05) is 13.0 Å². The molecule has 0 aliphatic carbocycles. The Balaban J connectivity index is 2.01. The van der Waals surface area contributed by atoms with Crippen LogP contribution in [0, 0.1) is 6.92 Å². The number of amides is 1. The second-order valence-electron chi connectivity index (χ2n) is 4.75. The molecule has 0 spiro atoms. The number of nitrogens with two attached hydrogens (primary N) is 1. The number of ether oxygens (including phenoxy) is 1. The van der Waals surface area contributed by atoms with Crippen molar-refractivity contribution in [2.75, 3.05) is 25.5 Å². The fourth-order valence-electron chi connectivity index (χ4n) is 1.95. The average molecular weight is 250 g/mol. The quantitative estimate of drug-likeness (QED) is 0.680. The number of carbonyl (C=O) groups excluding carboxylic acids is 1. The SMILES string of the molecule is Cc1cccc(C(=O)NCC2(O)CCOC2)c1N. The van der Waals surface area contributed by atoms with Crippen LogP contribution in [0.2, 0.25) is 0 Å². The van der Waals surface area contributed by atoms with Crippen molar-refractivity contribution in [3.05, 3.63) is 29.3 Å². The van der Waals surface area contributed by atoms with Gasteiger partial charge in [0, 0.05) is 25.3 Å². The third kappa shape index (κ3) is 2.63. The van der Waals surface area contributed by atoms with Gasteiger partial charge >= 0.3 is 0 Å². The van der Waals surface area contributed by atoms with Crippen LogP contribution in [-0.2, 0) is 4.74 Å². The first-order chi connectivity index (χ1) is 8.52. The Morgan fingerprint density at radius 3 is 3.06 bits per heavy atom. The van der Waals surface area contributed by atoms with Gasteiger partial charge in [0.25, 0.3) is 5.91 Å². The summed E-state index contributed by atoms with van der Waals surface area (Å²) >= 11 is 0. The van der Waals surface area contributed by atoms with E-state index in [0.29, 0.717) is 24.3 Å². The van der Waals surface area contributed by atoms with Gasteiger partial charge in [0.05, 0.1) is 12.2 Å². The molecule has 0 radical (unpaired) electrons. The van der Waals surface area contributed by atoms with Gasteiger partial charge in [0.1, 0.15) is 5.60 Å². The van der Waals surface area contributed by atoms with Crippen LogP contribution in [0.3, 0.4) is 0 Å². The molecule has 5 heteroatoms. The minimum absolute atomic E-state index is 0.180. The van der Waals surface area contributed by atoms with Gasteiger partial charge in [-0.1, -0.05) is 12.1 Å². The molecular formula is C13H18N2O3. The molecule has 1 fully saturated rings. The van der Waals surface area contributed by atoms with Crippen LogP contribution in [0.25, 0.3) is 0 Å². The standard InChI is InChI=1S/C13H18N2O3/c1-9-3-2-4-10(11(9)14)12(16)15-7-13(17)5-6-18-8-13/h2-4,17H,5-8,14H2,1H3,(H,15,16). The largest absolute Gasteiger partial charge is 0.398 e. The average Bonchev–Trinajstić information content (AvgIpc) is 2.77. The molecule has 1 saturated heterocycles. The lowest BCUT2D eigenvalue weighted by Gasteiger charge is -2.21. The number of rotatable bonds is 3. The number of nitrogens with one attached hydrogen (secondary N) is 1. The number of benzene rings is 1. The summed E-state index contributed by atoms with van der Waals surface area (Å²) in [5, 5.41) is 12.7. The molecular weight excluding hydrogens is 232 g/mol. The van der Waals surface area contributed by atoms with Gasteiger partial charge in [0.15, 0.2) is 0 Å². The van der Waals surface area contributed by atoms with E-state index in [2.05, 4.69) is 5.32 Å². The molecule has 2 rings (SSSR count). The van der Waals surface area contributed by atoms with Gasteiger partial charge in [-0.3, -0.25) is 4.79 Å². The number of hydrogen-bond acceptors (Lipinski definition) is 4. The summed E-state index contributed by atoms with van der Waals surface area (Å²) in [5.74, 6) is -0.267. The zero-order valence-corrected chi connectivity index (χ0v) is 10.4. The Kier molecular flexibility index (Phi) is 3.54. The van der Waals surface area contributed by atoms with Gasteiger partial charge < -0.3 is 20.9 Å². The molecule has 1 unspecified atom stereocenters. The first-order valence-corrected chi connectivity index (χ1v) is 5.95. The smallest absolute Gasteiger partial charge is 0.253 e. The molecule has 0 saturated carbocycles. The predicted molar refractivity (Wildman–Crippen MR) is 68.3 cm³/mol. The van der Waals surface area contributed by atoms with Crippen molar-refractivity contribution in [1.82, 2.24) is 5.32 Å². The highest BCUT2D eigenvalue weighted by molar-refractivity contribution is 5.99.